The molecule has 254 valence electrons. The van der Waals surface area contributed by atoms with Gasteiger partial charge in [-0.05, 0) is 124 Å². The summed E-state index contributed by atoms with van der Waals surface area (Å²) in [7, 11) is 0. The third kappa shape index (κ3) is 5.45. The second kappa shape index (κ2) is 11.8. The molecule has 8 nitrogen and oxygen atoms in total. The Labute approximate surface area is 265 Å². The SMILES string of the molecule is C/C(=C\CCC(C)(C)O)C1CCC2(C)C1C(O)CC1C3(C)CCC(OC4OC(CO)C(O)C(O)C4O)C(C)(C)C3CCC12C. The van der Waals surface area contributed by atoms with Crippen LogP contribution in [0.15, 0.2) is 11.6 Å². The highest BCUT2D eigenvalue weighted by molar-refractivity contribution is 5.22. The maximum Gasteiger partial charge on any atom is 0.186 e. The van der Waals surface area contributed by atoms with E-state index in [-0.39, 0.29) is 39.8 Å². The lowest BCUT2D eigenvalue weighted by Crippen LogP contribution is -2.67. The van der Waals surface area contributed by atoms with Gasteiger partial charge in [0, 0.05) is 0 Å². The molecular weight excluding hydrogens is 560 g/mol. The van der Waals surface area contributed by atoms with Crippen molar-refractivity contribution in [1.82, 2.24) is 0 Å². The van der Waals surface area contributed by atoms with Crippen LogP contribution in [0, 0.1) is 45.3 Å². The second-order valence-corrected chi connectivity index (χ2v) is 17.4. The first-order chi connectivity index (χ1) is 20.3. The van der Waals surface area contributed by atoms with Gasteiger partial charge in [0.25, 0.3) is 0 Å². The molecule has 14 atom stereocenters. The van der Waals surface area contributed by atoms with Crippen LogP contribution in [-0.2, 0) is 9.47 Å². The van der Waals surface area contributed by atoms with Crippen LogP contribution in [-0.4, -0.2) is 85.8 Å². The molecule has 5 fully saturated rings. The van der Waals surface area contributed by atoms with Crippen LogP contribution in [0.2, 0.25) is 0 Å². The van der Waals surface area contributed by atoms with E-state index >= 15 is 0 Å². The molecule has 0 amide bonds. The van der Waals surface area contributed by atoms with Crippen LogP contribution >= 0.6 is 0 Å². The van der Waals surface area contributed by atoms with Crippen molar-refractivity contribution in [1.29, 1.82) is 0 Å². The van der Waals surface area contributed by atoms with Crippen LogP contribution < -0.4 is 0 Å². The van der Waals surface area contributed by atoms with Gasteiger partial charge in [0.1, 0.15) is 24.4 Å². The number of rotatable bonds is 7. The normalized spacial score (nSPS) is 51.0. The van der Waals surface area contributed by atoms with Crippen LogP contribution in [0.5, 0.6) is 0 Å². The molecule has 1 saturated heterocycles. The summed E-state index contributed by atoms with van der Waals surface area (Å²) >= 11 is 0. The van der Waals surface area contributed by atoms with Gasteiger partial charge in [-0.15, -0.1) is 0 Å². The number of aliphatic hydroxyl groups is 6. The average Bonchev–Trinajstić information content (AvgIpc) is 3.31. The molecule has 0 bridgehead atoms. The van der Waals surface area contributed by atoms with E-state index in [1.54, 1.807) is 0 Å². The van der Waals surface area contributed by atoms with Gasteiger partial charge < -0.3 is 40.1 Å². The number of hydrogen-bond acceptors (Lipinski definition) is 8. The molecule has 0 radical (unpaired) electrons. The van der Waals surface area contributed by atoms with Crippen molar-refractivity contribution in [2.75, 3.05) is 6.61 Å². The van der Waals surface area contributed by atoms with Crippen molar-refractivity contribution in [2.45, 2.75) is 162 Å². The largest absolute Gasteiger partial charge is 0.394 e. The van der Waals surface area contributed by atoms with E-state index in [0.29, 0.717) is 17.8 Å². The Morgan fingerprint density at radius 1 is 0.886 bits per heavy atom. The minimum Gasteiger partial charge on any atom is -0.394 e. The predicted molar refractivity (Wildman–Crippen MR) is 168 cm³/mol. The van der Waals surface area contributed by atoms with E-state index in [0.717, 1.165) is 57.8 Å². The molecule has 5 aliphatic rings. The van der Waals surface area contributed by atoms with Gasteiger partial charge in [-0.2, -0.15) is 0 Å². The van der Waals surface area contributed by atoms with Gasteiger partial charge >= 0.3 is 0 Å². The van der Waals surface area contributed by atoms with E-state index < -0.39 is 42.9 Å². The Morgan fingerprint density at radius 3 is 2.18 bits per heavy atom. The number of ether oxygens (including phenoxy) is 2. The van der Waals surface area contributed by atoms with Crippen molar-refractivity contribution in [3.05, 3.63) is 11.6 Å². The van der Waals surface area contributed by atoms with Gasteiger partial charge in [0.05, 0.1) is 24.4 Å². The summed E-state index contributed by atoms with van der Waals surface area (Å²) in [6.07, 6.45) is 3.85. The van der Waals surface area contributed by atoms with E-state index in [4.69, 9.17) is 9.47 Å². The highest BCUT2D eigenvalue weighted by atomic mass is 16.7. The topological polar surface area (TPSA) is 140 Å². The minimum absolute atomic E-state index is 0.0103. The lowest BCUT2D eigenvalue weighted by molar-refractivity contribution is -0.331. The first-order valence-electron chi connectivity index (χ1n) is 17.3. The van der Waals surface area contributed by atoms with Crippen molar-refractivity contribution < 1.29 is 40.1 Å². The highest BCUT2D eigenvalue weighted by Gasteiger charge is 2.70. The zero-order chi connectivity index (χ0) is 32.6. The van der Waals surface area contributed by atoms with Crippen molar-refractivity contribution in [2.24, 2.45) is 45.3 Å². The maximum atomic E-state index is 12.0. The van der Waals surface area contributed by atoms with E-state index in [2.05, 4.69) is 47.6 Å². The Bertz CT molecular complexity index is 1070. The third-order valence-electron chi connectivity index (χ3n) is 14.3. The lowest BCUT2D eigenvalue weighted by Gasteiger charge is -2.70. The quantitative estimate of drug-likeness (QED) is 0.182. The number of allylic oxidation sites excluding steroid dienone is 2. The molecule has 14 unspecified atom stereocenters. The Balaban J connectivity index is 1.36. The van der Waals surface area contributed by atoms with Gasteiger partial charge in [0.15, 0.2) is 6.29 Å². The Hall–Kier alpha value is -0.580. The first kappa shape index (κ1) is 34.7. The molecule has 5 rings (SSSR count). The monoisotopic (exact) mass is 622 g/mol. The fraction of sp³-hybridized carbons (Fsp3) is 0.944. The molecule has 0 aromatic rings. The van der Waals surface area contributed by atoms with Gasteiger partial charge in [-0.3, -0.25) is 0 Å². The van der Waals surface area contributed by atoms with Crippen molar-refractivity contribution in [3.63, 3.8) is 0 Å². The molecule has 4 saturated carbocycles. The maximum absolute atomic E-state index is 12.0. The number of hydrogen-bond donors (Lipinski definition) is 6. The summed E-state index contributed by atoms with van der Waals surface area (Å²) in [5.74, 6) is 1.32. The summed E-state index contributed by atoms with van der Waals surface area (Å²) in [5.41, 5.74) is 0.589. The van der Waals surface area contributed by atoms with Gasteiger partial charge in [-0.1, -0.05) is 46.3 Å². The summed E-state index contributed by atoms with van der Waals surface area (Å²) in [6, 6.07) is 0. The second-order valence-electron chi connectivity index (χ2n) is 17.4. The lowest BCUT2D eigenvalue weighted by atomic mass is 9.35. The summed E-state index contributed by atoms with van der Waals surface area (Å²) in [5, 5.41) is 63.2. The van der Waals surface area contributed by atoms with Crippen LogP contribution in [0.25, 0.3) is 0 Å². The van der Waals surface area contributed by atoms with E-state index in [1.807, 2.05) is 13.8 Å². The van der Waals surface area contributed by atoms with E-state index in [9.17, 15) is 30.6 Å². The molecule has 0 spiro atoms. The molecule has 1 heterocycles. The molecular formula is C36H62O8. The molecule has 8 heteroatoms. The summed E-state index contributed by atoms with van der Waals surface area (Å²) in [6.45, 7) is 17.4. The number of fused-ring (bicyclic) bond motifs is 5. The Morgan fingerprint density at radius 2 is 1.55 bits per heavy atom. The smallest absolute Gasteiger partial charge is 0.186 e. The van der Waals surface area contributed by atoms with Gasteiger partial charge in [0.2, 0.25) is 0 Å². The van der Waals surface area contributed by atoms with Crippen molar-refractivity contribution in [3.8, 4) is 0 Å². The zero-order valence-electron chi connectivity index (χ0n) is 28.5. The van der Waals surface area contributed by atoms with Crippen LogP contribution in [0.3, 0.4) is 0 Å². The van der Waals surface area contributed by atoms with Crippen LogP contribution in [0.1, 0.15) is 113 Å². The standard InChI is InChI=1S/C36H62O8/c1-20(10-9-14-32(2,3)42)21-11-16-36(8)27(21)22(38)18-25-34(6)15-13-26(33(4,5)24(34)12-17-35(25,36)7)44-31-30(41)29(40)28(39)23(19-37)43-31/h10,21-31,37-42H,9,11-19H2,1-8H3/b20-10+. The fourth-order valence-corrected chi connectivity index (χ4v) is 11.6. The molecule has 4 aliphatic carbocycles. The summed E-state index contributed by atoms with van der Waals surface area (Å²) in [4.78, 5) is 0. The van der Waals surface area contributed by atoms with E-state index in [1.165, 1.54) is 5.57 Å². The minimum atomic E-state index is -1.45. The predicted octanol–water partition coefficient (Wildman–Crippen LogP) is 4.32. The van der Waals surface area contributed by atoms with Crippen LogP contribution in [0.4, 0.5) is 0 Å². The molecule has 1 aliphatic heterocycles. The third-order valence-corrected chi connectivity index (χ3v) is 14.3. The highest BCUT2D eigenvalue weighted by Crippen LogP contribution is 2.75. The Kier molecular flexibility index (Phi) is 9.35. The molecule has 0 aromatic heterocycles. The molecule has 6 N–H and O–H groups in total. The first-order valence-corrected chi connectivity index (χ1v) is 17.3. The number of aliphatic hydroxyl groups excluding tert-OH is 5. The summed E-state index contributed by atoms with van der Waals surface area (Å²) < 4.78 is 12.2. The van der Waals surface area contributed by atoms with Crippen molar-refractivity contribution >= 4 is 0 Å². The molecule has 44 heavy (non-hydrogen) atoms. The molecule has 0 aromatic carbocycles. The average molecular weight is 623 g/mol. The fourth-order valence-electron chi connectivity index (χ4n) is 11.6. The zero-order valence-corrected chi connectivity index (χ0v) is 28.5. The van der Waals surface area contributed by atoms with Gasteiger partial charge in [-0.25, -0.2) is 0 Å².